The minimum absolute atomic E-state index is 0.0207. The Kier molecular flexibility index (Phi) is 4.97. The lowest BCUT2D eigenvalue weighted by Crippen LogP contribution is -2.33. The number of anilines is 1. The molecule has 0 atom stereocenters. The molecular weight excluding hydrogens is 290 g/mol. The van der Waals surface area contributed by atoms with E-state index in [1.807, 2.05) is 0 Å². The van der Waals surface area contributed by atoms with E-state index in [4.69, 9.17) is 5.73 Å². The van der Waals surface area contributed by atoms with Gasteiger partial charge in [0, 0.05) is 25.7 Å². The number of nitrogens with one attached hydrogen (secondary N) is 1. The molecule has 0 bridgehead atoms. The van der Waals surface area contributed by atoms with Gasteiger partial charge in [-0.2, -0.15) is 0 Å². The van der Waals surface area contributed by atoms with Crippen molar-refractivity contribution in [3.05, 3.63) is 23.8 Å². The number of hydrogen-bond acceptors (Lipinski definition) is 4. The molecule has 0 aliphatic carbocycles. The quantitative estimate of drug-likeness (QED) is 0.779. The van der Waals surface area contributed by atoms with Crippen molar-refractivity contribution >= 4 is 21.6 Å². The zero-order chi connectivity index (χ0) is 15.5. The highest BCUT2D eigenvalue weighted by Crippen LogP contribution is 2.29. The van der Waals surface area contributed by atoms with Crippen LogP contribution in [-0.4, -0.2) is 34.0 Å². The second-order valence-corrected chi connectivity index (χ2v) is 6.87. The first-order valence-corrected chi connectivity index (χ1v) is 8.55. The fraction of sp³-hybridized carbons (Fsp3) is 0.500. The molecule has 7 heteroatoms. The lowest BCUT2D eigenvalue weighted by atomic mass is 10.0. The molecule has 1 aliphatic rings. The molecule has 21 heavy (non-hydrogen) atoms. The molecule has 6 nitrogen and oxygen atoms in total. The lowest BCUT2D eigenvalue weighted by molar-refractivity contribution is -0.116. The van der Waals surface area contributed by atoms with Crippen molar-refractivity contribution in [1.82, 2.24) is 4.72 Å². The van der Waals surface area contributed by atoms with Gasteiger partial charge in [0.1, 0.15) is 0 Å². The van der Waals surface area contributed by atoms with Gasteiger partial charge in [0.25, 0.3) is 0 Å². The summed E-state index contributed by atoms with van der Waals surface area (Å²) in [5.41, 5.74) is 7.07. The van der Waals surface area contributed by atoms with Gasteiger partial charge in [-0.25, -0.2) is 13.1 Å². The fourth-order valence-electron chi connectivity index (χ4n) is 2.46. The SMILES string of the molecule is CC(=O)N1CCCc2cc(S(=O)(=O)NCCCN)ccc21. The number of sulfonamides is 1. The van der Waals surface area contributed by atoms with Crippen molar-refractivity contribution in [2.24, 2.45) is 5.73 Å². The molecule has 0 unspecified atom stereocenters. The Labute approximate surface area is 125 Å². The largest absolute Gasteiger partial charge is 0.330 e. The van der Waals surface area contributed by atoms with Crippen molar-refractivity contribution in [3.63, 3.8) is 0 Å². The van der Waals surface area contributed by atoms with Gasteiger partial charge in [-0.15, -0.1) is 0 Å². The Bertz CT molecular complexity index is 628. The topological polar surface area (TPSA) is 92.5 Å². The summed E-state index contributed by atoms with van der Waals surface area (Å²) in [5, 5.41) is 0. The molecule has 3 N–H and O–H groups in total. The van der Waals surface area contributed by atoms with Crippen LogP contribution in [-0.2, 0) is 21.2 Å². The van der Waals surface area contributed by atoms with Gasteiger partial charge >= 0.3 is 0 Å². The lowest BCUT2D eigenvalue weighted by Gasteiger charge is -2.28. The van der Waals surface area contributed by atoms with Gasteiger partial charge in [0.15, 0.2) is 0 Å². The first-order valence-electron chi connectivity index (χ1n) is 7.06. The third-order valence-electron chi connectivity index (χ3n) is 3.53. The third kappa shape index (κ3) is 3.61. The van der Waals surface area contributed by atoms with E-state index in [9.17, 15) is 13.2 Å². The number of aryl methyl sites for hydroxylation is 1. The predicted molar refractivity (Wildman–Crippen MR) is 81.6 cm³/mol. The molecule has 1 heterocycles. The van der Waals surface area contributed by atoms with Crippen LogP contribution < -0.4 is 15.4 Å². The predicted octanol–water partition coefficient (Wildman–Crippen LogP) is 0.613. The molecule has 1 aromatic rings. The molecular formula is C14H21N3O3S. The van der Waals surface area contributed by atoms with Crippen LogP contribution in [0.15, 0.2) is 23.1 Å². The average molecular weight is 311 g/mol. The Hall–Kier alpha value is -1.44. The van der Waals surface area contributed by atoms with Gasteiger partial charge in [0.05, 0.1) is 4.90 Å². The molecule has 0 fully saturated rings. The summed E-state index contributed by atoms with van der Waals surface area (Å²) in [6.07, 6.45) is 2.23. The molecule has 0 saturated heterocycles. The first-order chi connectivity index (χ1) is 9.95. The number of carbonyl (C=O) groups excluding carboxylic acids is 1. The summed E-state index contributed by atoms with van der Waals surface area (Å²) in [4.78, 5) is 13.5. The number of nitrogens with zero attached hydrogens (tertiary/aromatic N) is 1. The summed E-state index contributed by atoms with van der Waals surface area (Å²) < 4.78 is 26.9. The van der Waals surface area contributed by atoms with Crippen molar-refractivity contribution in [2.45, 2.75) is 31.1 Å². The number of amides is 1. The van der Waals surface area contributed by atoms with E-state index < -0.39 is 10.0 Å². The highest BCUT2D eigenvalue weighted by molar-refractivity contribution is 7.89. The first kappa shape index (κ1) is 15.9. The standard InChI is InChI=1S/C14H21N3O3S/c1-11(18)17-9-2-4-12-10-13(5-6-14(12)17)21(19,20)16-8-3-7-15/h5-6,10,16H,2-4,7-9,15H2,1H3. The van der Waals surface area contributed by atoms with Crippen LogP contribution in [0.25, 0.3) is 0 Å². The highest BCUT2D eigenvalue weighted by atomic mass is 32.2. The van der Waals surface area contributed by atoms with Gasteiger partial charge in [0.2, 0.25) is 15.9 Å². The fourth-order valence-corrected chi connectivity index (χ4v) is 3.58. The molecule has 1 amide bonds. The van der Waals surface area contributed by atoms with Crippen LogP contribution >= 0.6 is 0 Å². The molecule has 0 spiro atoms. The normalized spacial score (nSPS) is 14.9. The Morgan fingerprint density at radius 3 is 2.86 bits per heavy atom. The highest BCUT2D eigenvalue weighted by Gasteiger charge is 2.22. The Morgan fingerprint density at radius 2 is 2.19 bits per heavy atom. The summed E-state index contributed by atoms with van der Waals surface area (Å²) in [5.74, 6) is -0.0207. The van der Waals surface area contributed by atoms with E-state index in [-0.39, 0.29) is 10.8 Å². The smallest absolute Gasteiger partial charge is 0.240 e. The monoisotopic (exact) mass is 311 g/mol. The molecule has 0 aromatic heterocycles. The molecule has 0 saturated carbocycles. The summed E-state index contributed by atoms with van der Waals surface area (Å²) in [7, 11) is -3.51. The third-order valence-corrected chi connectivity index (χ3v) is 4.99. The van der Waals surface area contributed by atoms with Gasteiger partial charge in [-0.1, -0.05) is 0 Å². The Balaban J connectivity index is 2.27. The summed E-state index contributed by atoms with van der Waals surface area (Å²) >= 11 is 0. The van der Waals surface area contributed by atoms with E-state index in [1.54, 1.807) is 23.1 Å². The number of fused-ring (bicyclic) bond motifs is 1. The van der Waals surface area contributed by atoms with Crippen molar-refractivity contribution < 1.29 is 13.2 Å². The second kappa shape index (κ2) is 6.55. The second-order valence-electron chi connectivity index (χ2n) is 5.10. The minimum Gasteiger partial charge on any atom is -0.330 e. The van der Waals surface area contributed by atoms with Crippen molar-refractivity contribution in [3.8, 4) is 0 Å². The zero-order valence-corrected chi connectivity index (χ0v) is 12.9. The molecule has 0 radical (unpaired) electrons. The molecule has 116 valence electrons. The maximum absolute atomic E-state index is 12.2. The van der Waals surface area contributed by atoms with Gasteiger partial charge in [-0.3, -0.25) is 4.79 Å². The van der Waals surface area contributed by atoms with E-state index in [2.05, 4.69) is 4.72 Å². The summed E-state index contributed by atoms with van der Waals surface area (Å²) in [6, 6.07) is 4.92. The van der Waals surface area contributed by atoms with E-state index >= 15 is 0 Å². The maximum atomic E-state index is 12.2. The van der Waals surface area contributed by atoms with Crippen LogP contribution in [0.5, 0.6) is 0 Å². The Morgan fingerprint density at radius 1 is 1.43 bits per heavy atom. The van der Waals surface area contributed by atoms with E-state index in [1.165, 1.54) is 6.92 Å². The van der Waals surface area contributed by atoms with Crippen LogP contribution in [0.3, 0.4) is 0 Å². The number of carbonyl (C=O) groups is 1. The average Bonchev–Trinajstić information content (AvgIpc) is 2.46. The molecule has 1 aliphatic heterocycles. The van der Waals surface area contributed by atoms with Gasteiger partial charge < -0.3 is 10.6 Å². The number of nitrogens with two attached hydrogens (primary N) is 1. The molecule has 1 aromatic carbocycles. The summed E-state index contributed by atoms with van der Waals surface area (Å²) in [6.45, 7) is 2.98. The van der Waals surface area contributed by atoms with Gasteiger partial charge in [-0.05, 0) is 49.6 Å². The van der Waals surface area contributed by atoms with Crippen LogP contribution in [0.1, 0.15) is 25.3 Å². The van der Waals surface area contributed by atoms with Crippen molar-refractivity contribution in [2.75, 3.05) is 24.5 Å². The van der Waals surface area contributed by atoms with Crippen LogP contribution in [0.2, 0.25) is 0 Å². The van der Waals surface area contributed by atoms with E-state index in [0.717, 1.165) is 24.1 Å². The minimum atomic E-state index is -3.51. The number of hydrogen-bond donors (Lipinski definition) is 2. The van der Waals surface area contributed by atoms with E-state index in [0.29, 0.717) is 26.1 Å². The number of benzene rings is 1. The van der Waals surface area contributed by atoms with Crippen LogP contribution in [0.4, 0.5) is 5.69 Å². The maximum Gasteiger partial charge on any atom is 0.240 e. The van der Waals surface area contributed by atoms with Crippen LogP contribution in [0, 0.1) is 0 Å². The van der Waals surface area contributed by atoms with Crippen molar-refractivity contribution in [1.29, 1.82) is 0 Å². The number of rotatable bonds is 5. The zero-order valence-electron chi connectivity index (χ0n) is 12.1. The molecule has 2 rings (SSSR count).